The van der Waals surface area contributed by atoms with Crippen LogP contribution in [-0.4, -0.2) is 53.9 Å². The van der Waals surface area contributed by atoms with Gasteiger partial charge >= 0.3 is 5.97 Å². The highest BCUT2D eigenvalue weighted by atomic mass is 32.2. The number of hydrogen-bond donors (Lipinski definition) is 1. The van der Waals surface area contributed by atoms with Crippen LogP contribution >= 0.6 is 11.8 Å². The van der Waals surface area contributed by atoms with Gasteiger partial charge in [-0.3, -0.25) is 24.6 Å². The Kier molecular flexibility index (Phi) is 4.92. The second kappa shape index (κ2) is 6.84. The molecule has 0 saturated carbocycles. The highest BCUT2D eigenvalue weighted by Crippen LogP contribution is 2.50. The van der Waals surface area contributed by atoms with Crippen molar-refractivity contribution in [1.29, 1.82) is 0 Å². The lowest BCUT2D eigenvalue weighted by atomic mass is 9.78. The predicted octanol–water partition coefficient (Wildman–Crippen LogP) is 1.21. The van der Waals surface area contributed by atoms with Gasteiger partial charge in [-0.1, -0.05) is 0 Å². The van der Waals surface area contributed by atoms with Crippen LogP contribution in [0.1, 0.15) is 25.1 Å². The quantitative estimate of drug-likeness (QED) is 0.598. The number of fused-ring (bicyclic) bond motifs is 1. The fourth-order valence-corrected chi connectivity index (χ4v) is 4.43. The molecule has 0 unspecified atom stereocenters. The van der Waals surface area contributed by atoms with Gasteiger partial charge in [-0.25, -0.2) is 0 Å². The third-order valence-electron chi connectivity index (χ3n) is 5.06. The maximum Gasteiger partial charge on any atom is 0.327 e. The Balaban J connectivity index is 2.09. The summed E-state index contributed by atoms with van der Waals surface area (Å²) in [6.45, 7) is 1.94. The molecule has 0 radical (unpaired) electrons. The largest absolute Gasteiger partial charge is 0.468 e. The smallest absolute Gasteiger partial charge is 0.327 e. The van der Waals surface area contributed by atoms with Crippen LogP contribution in [0.2, 0.25) is 0 Å². The summed E-state index contributed by atoms with van der Waals surface area (Å²) in [7, 11) is 1.46. The predicted molar refractivity (Wildman–Crippen MR) is 91.7 cm³/mol. The molecule has 0 spiro atoms. The maximum absolute atomic E-state index is 12.9. The zero-order chi connectivity index (χ0) is 18.2. The molecular weight excluding hydrogens is 344 g/mol. The standard InChI is InChI=1S/C17H22N2O5S/c1-4-23-16(22)17(7-9-25-3)12-11(14(20)19(2)15(12)21)13(18-17)10-6-5-8-24-10/h5-6,8,11-13,18H,4,7,9H2,1-3H3/t11-,12+,13-,17+/m0/s1. The highest BCUT2D eigenvalue weighted by molar-refractivity contribution is 7.98. The average molecular weight is 366 g/mol. The van der Waals surface area contributed by atoms with Gasteiger partial charge in [0.2, 0.25) is 11.8 Å². The summed E-state index contributed by atoms with van der Waals surface area (Å²) in [6.07, 6.45) is 3.85. The van der Waals surface area contributed by atoms with Crippen molar-refractivity contribution >= 4 is 29.5 Å². The lowest BCUT2D eigenvalue weighted by Gasteiger charge is -2.32. The Morgan fingerprint density at radius 3 is 2.80 bits per heavy atom. The van der Waals surface area contributed by atoms with E-state index in [1.807, 2.05) is 6.26 Å². The van der Waals surface area contributed by atoms with E-state index in [1.54, 1.807) is 30.8 Å². The van der Waals surface area contributed by atoms with Crippen molar-refractivity contribution in [2.24, 2.45) is 11.8 Å². The van der Waals surface area contributed by atoms with Crippen molar-refractivity contribution in [3.8, 4) is 0 Å². The Labute approximate surface area is 150 Å². The summed E-state index contributed by atoms with van der Waals surface area (Å²) < 4.78 is 10.8. The van der Waals surface area contributed by atoms with E-state index in [-0.39, 0.29) is 18.4 Å². The molecule has 0 aliphatic carbocycles. The van der Waals surface area contributed by atoms with E-state index >= 15 is 0 Å². The molecule has 4 atom stereocenters. The number of furan rings is 1. The van der Waals surface area contributed by atoms with Gasteiger partial charge in [-0.15, -0.1) is 0 Å². The Morgan fingerprint density at radius 2 is 2.20 bits per heavy atom. The van der Waals surface area contributed by atoms with Crippen molar-refractivity contribution < 1.29 is 23.5 Å². The zero-order valence-electron chi connectivity index (χ0n) is 14.5. The van der Waals surface area contributed by atoms with Crippen molar-refractivity contribution in [2.75, 3.05) is 25.7 Å². The van der Waals surface area contributed by atoms with Gasteiger partial charge in [0.15, 0.2) is 0 Å². The first-order valence-corrected chi connectivity index (χ1v) is 9.66. The molecule has 2 amide bonds. The monoisotopic (exact) mass is 366 g/mol. The molecule has 1 aromatic heterocycles. The number of amides is 2. The number of esters is 1. The van der Waals surface area contributed by atoms with Gasteiger partial charge in [0.1, 0.15) is 11.3 Å². The molecular formula is C17H22N2O5S. The maximum atomic E-state index is 12.9. The first-order valence-electron chi connectivity index (χ1n) is 8.26. The molecule has 136 valence electrons. The van der Waals surface area contributed by atoms with Crippen molar-refractivity contribution in [2.45, 2.75) is 24.9 Å². The lowest BCUT2D eigenvalue weighted by molar-refractivity contribution is -0.156. The number of carbonyl (C=O) groups is 3. The van der Waals surface area contributed by atoms with Gasteiger partial charge in [0, 0.05) is 7.05 Å². The molecule has 25 heavy (non-hydrogen) atoms. The van der Waals surface area contributed by atoms with Gasteiger partial charge in [-0.2, -0.15) is 11.8 Å². The lowest BCUT2D eigenvalue weighted by Crippen LogP contribution is -2.56. The number of rotatable bonds is 6. The molecule has 2 saturated heterocycles. The molecule has 2 aliphatic heterocycles. The van der Waals surface area contributed by atoms with E-state index in [2.05, 4.69) is 5.32 Å². The second-order valence-electron chi connectivity index (χ2n) is 6.31. The Morgan fingerprint density at radius 1 is 1.44 bits per heavy atom. The number of likely N-dealkylation sites (tertiary alicyclic amines) is 1. The van der Waals surface area contributed by atoms with Crippen LogP contribution < -0.4 is 5.32 Å². The third kappa shape index (κ3) is 2.67. The molecule has 0 aromatic carbocycles. The number of carbonyl (C=O) groups excluding carboxylic acids is 3. The molecule has 0 bridgehead atoms. The van der Waals surface area contributed by atoms with E-state index < -0.39 is 29.4 Å². The number of imide groups is 1. The summed E-state index contributed by atoms with van der Waals surface area (Å²) in [5.74, 6) is -1.37. The number of hydrogen-bond acceptors (Lipinski definition) is 7. The number of thioether (sulfide) groups is 1. The zero-order valence-corrected chi connectivity index (χ0v) is 15.3. The number of ether oxygens (including phenoxy) is 1. The van der Waals surface area contributed by atoms with Crippen LogP contribution in [0.3, 0.4) is 0 Å². The van der Waals surface area contributed by atoms with Crippen LogP contribution in [0, 0.1) is 11.8 Å². The minimum atomic E-state index is -1.22. The van der Waals surface area contributed by atoms with Crippen molar-refractivity contribution in [3.05, 3.63) is 24.2 Å². The first-order chi connectivity index (χ1) is 12.0. The van der Waals surface area contributed by atoms with Crippen LogP contribution in [0.5, 0.6) is 0 Å². The van der Waals surface area contributed by atoms with Crippen molar-refractivity contribution in [1.82, 2.24) is 10.2 Å². The van der Waals surface area contributed by atoms with Crippen LogP contribution in [-0.2, 0) is 19.1 Å². The molecule has 2 aliphatic rings. The van der Waals surface area contributed by atoms with E-state index in [9.17, 15) is 14.4 Å². The fraction of sp³-hybridized carbons (Fsp3) is 0.588. The minimum Gasteiger partial charge on any atom is -0.468 e. The van der Waals surface area contributed by atoms with Crippen LogP contribution in [0.25, 0.3) is 0 Å². The number of nitrogens with zero attached hydrogens (tertiary/aromatic N) is 1. The summed E-state index contributed by atoms with van der Waals surface area (Å²) in [4.78, 5) is 39.5. The van der Waals surface area contributed by atoms with Gasteiger partial charge in [0.25, 0.3) is 0 Å². The minimum absolute atomic E-state index is 0.211. The van der Waals surface area contributed by atoms with Gasteiger partial charge in [0.05, 0.1) is 30.7 Å². The molecule has 3 heterocycles. The molecule has 3 rings (SSSR count). The van der Waals surface area contributed by atoms with E-state index in [4.69, 9.17) is 9.15 Å². The van der Waals surface area contributed by atoms with E-state index in [0.29, 0.717) is 17.9 Å². The SMILES string of the molecule is CCOC(=O)[C@]1(CCSC)N[C@@H](c2ccco2)[C@H]2C(=O)N(C)C(=O)[C@@H]21. The topological polar surface area (TPSA) is 88.8 Å². The second-order valence-corrected chi connectivity index (χ2v) is 7.30. The van der Waals surface area contributed by atoms with E-state index in [1.165, 1.54) is 13.3 Å². The summed E-state index contributed by atoms with van der Waals surface area (Å²) >= 11 is 1.58. The van der Waals surface area contributed by atoms with Crippen molar-refractivity contribution in [3.63, 3.8) is 0 Å². The van der Waals surface area contributed by atoms with E-state index in [0.717, 1.165) is 4.90 Å². The van der Waals surface area contributed by atoms with Gasteiger partial charge in [-0.05, 0) is 37.5 Å². The summed E-state index contributed by atoms with van der Waals surface area (Å²) in [5.41, 5.74) is -1.22. The Hall–Kier alpha value is -1.80. The van der Waals surface area contributed by atoms with Gasteiger partial charge < -0.3 is 9.15 Å². The number of nitrogens with one attached hydrogen (secondary N) is 1. The third-order valence-corrected chi connectivity index (χ3v) is 5.68. The fourth-order valence-electron chi connectivity index (χ4n) is 3.90. The summed E-state index contributed by atoms with van der Waals surface area (Å²) in [6, 6.07) is 2.94. The molecule has 7 nitrogen and oxygen atoms in total. The highest BCUT2D eigenvalue weighted by Gasteiger charge is 2.68. The molecule has 1 aromatic rings. The Bertz CT molecular complexity index is 677. The average Bonchev–Trinajstić information content (AvgIpc) is 3.28. The summed E-state index contributed by atoms with van der Waals surface area (Å²) in [5, 5.41) is 3.26. The molecule has 2 fully saturated rings. The molecule has 1 N–H and O–H groups in total. The first kappa shape index (κ1) is 18.0. The molecule has 8 heteroatoms. The normalized spacial score (nSPS) is 31.5. The van der Waals surface area contributed by atoms with Crippen LogP contribution in [0.4, 0.5) is 0 Å². The van der Waals surface area contributed by atoms with Crippen LogP contribution in [0.15, 0.2) is 22.8 Å².